The van der Waals surface area contributed by atoms with Gasteiger partial charge in [-0.1, -0.05) is 6.92 Å². The molecule has 0 fully saturated rings. The zero-order valence-electron chi connectivity index (χ0n) is 10.7. The van der Waals surface area contributed by atoms with E-state index in [9.17, 15) is 0 Å². The van der Waals surface area contributed by atoms with E-state index in [1.807, 2.05) is 6.92 Å². The van der Waals surface area contributed by atoms with E-state index in [-0.39, 0.29) is 0 Å². The van der Waals surface area contributed by atoms with Gasteiger partial charge in [0.1, 0.15) is 0 Å². The minimum atomic E-state index is 0.526. The maximum absolute atomic E-state index is 5.81. The van der Waals surface area contributed by atoms with Gasteiger partial charge in [-0.2, -0.15) is 5.10 Å². The zero-order chi connectivity index (χ0) is 12.1. The number of anilines is 1. The Kier molecular flexibility index (Phi) is 4.68. The Morgan fingerprint density at radius 3 is 2.38 bits per heavy atom. The van der Waals surface area contributed by atoms with Crippen molar-refractivity contribution in [2.24, 2.45) is 5.73 Å². The van der Waals surface area contributed by atoms with Crippen LogP contribution in [-0.2, 0) is 6.54 Å². The highest BCUT2D eigenvalue weighted by molar-refractivity contribution is 5.50. The molecule has 0 saturated heterocycles. The summed E-state index contributed by atoms with van der Waals surface area (Å²) in [6.45, 7) is 10.8. The van der Waals surface area contributed by atoms with Gasteiger partial charge in [0.25, 0.3) is 0 Å². The molecular weight excluding hydrogens is 200 g/mol. The van der Waals surface area contributed by atoms with Gasteiger partial charge >= 0.3 is 0 Å². The molecule has 4 heteroatoms. The molecule has 1 aromatic heterocycles. The Morgan fingerprint density at radius 1 is 1.19 bits per heavy atom. The standard InChI is InChI=1S/C12H22N4/c1-5-7-16(6-2)12-11(8-13)9(3)10(4)14-15-12/h5-8,13H2,1-4H3. The molecule has 2 N–H and O–H groups in total. The minimum Gasteiger partial charge on any atom is -0.355 e. The molecule has 90 valence electrons. The SMILES string of the molecule is CCCN(CC)c1nnc(C)c(C)c1CN. The number of nitrogens with zero attached hydrogens (tertiary/aromatic N) is 3. The fourth-order valence-corrected chi connectivity index (χ4v) is 1.83. The van der Waals surface area contributed by atoms with Gasteiger partial charge in [0, 0.05) is 25.2 Å². The van der Waals surface area contributed by atoms with Gasteiger partial charge in [0.05, 0.1) is 5.69 Å². The molecule has 0 aliphatic carbocycles. The van der Waals surface area contributed by atoms with E-state index in [0.29, 0.717) is 6.54 Å². The van der Waals surface area contributed by atoms with Crippen LogP contribution in [0.3, 0.4) is 0 Å². The van der Waals surface area contributed by atoms with Crippen LogP contribution in [0.1, 0.15) is 37.1 Å². The average Bonchev–Trinajstić information content (AvgIpc) is 2.29. The maximum atomic E-state index is 5.81. The first kappa shape index (κ1) is 12.9. The Labute approximate surface area is 97.9 Å². The van der Waals surface area contributed by atoms with Crippen molar-refractivity contribution in [3.8, 4) is 0 Å². The highest BCUT2D eigenvalue weighted by Crippen LogP contribution is 2.21. The van der Waals surface area contributed by atoms with Gasteiger partial charge in [-0.05, 0) is 32.8 Å². The van der Waals surface area contributed by atoms with Crippen molar-refractivity contribution in [3.05, 3.63) is 16.8 Å². The van der Waals surface area contributed by atoms with Gasteiger partial charge in [0.2, 0.25) is 0 Å². The smallest absolute Gasteiger partial charge is 0.156 e. The van der Waals surface area contributed by atoms with Crippen molar-refractivity contribution in [2.45, 2.75) is 40.7 Å². The van der Waals surface area contributed by atoms with E-state index < -0.39 is 0 Å². The summed E-state index contributed by atoms with van der Waals surface area (Å²) >= 11 is 0. The number of rotatable bonds is 5. The van der Waals surface area contributed by atoms with Crippen LogP contribution in [0.4, 0.5) is 5.82 Å². The first-order valence-corrected chi connectivity index (χ1v) is 5.93. The van der Waals surface area contributed by atoms with Crippen LogP contribution in [0.2, 0.25) is 0 Å². The van der Waals surface area contributed by atoms with Crippen LogP contribution < -0.4 is 10.6 Å². The molecule has 4 nitrogen and oxygen atoms in total. The molecule has 1 aromatic rings. The van der Waals surface area contributed by atoms with Crippen molar-refractivity contribution < 1.29 is 0 Å². The summed E-state index contributed by atoms with van der Waals surface area (Å²) in [7, 11) is 0. The molecule has 0 radical (unpaired) electrons. The second kappa shape index (κ2) is 5.80. The molecule has 16 heavy (non-hydrogen) atoms. The number of hydrogen-bond acceptors (Lipinski definition) is 4. The monoisotopic (exact) mass is 222 g/mol. The van der Waals surface area contributed by atoms with Crippen LogP contribution in [-0.4, -0.2) is 23.3 Å². The van der Waals surface area contributed by atoms with E-state index in [2.05, 4.69) is 35.9 Å². The summed E-state index contributed by atoms with van der Waals surface area (Å²) < 4.78 is 0. The molecule has 1 heterocycles. The Bertz CT molecular complexity index is 349. The van der Waals surface area contributed by atoms with E-state index in [1.165, 1.54) is 5.56 Å². The average molecular weight is 222 g/mol. The van der Waals surface area contributed by atoms with Crippen molar-refractivity contribution in [3.63, 3.8) is 0 Å². The fraction of sp³-hybridized carbons (Fsp3) is 0.667. The molecule has 0 aliphatic rings. The molecule has 0 spiro atoms. The van der Waals surface area contributed by atoms with Crippen LogP contribution in [0.25, 0.3) is 0 Å². The van der Waals surface area contributed by atoms with E-state index in [4.69, 9.17) is 5.73 Å². The summed E-state index contributed by atoms with van der Waals surface area (Å²) in [6.07, 6.45) is 1.10. The zero-order valence-corrected chi connectivity index (χ0v) is 10.7. The molecule has 1 rings (SSSR count). The summed E-state index contributed by atoms with van der Waals surface area (Å²) in [6, 6.07) is 0. The topological polar surface area (TPSA) is 55.0 Å². The number of aromatic nitrogens is 2. The molecular formula is C12H22N4. The number of nitrogens with two attached hydrogens (primary N) is 1. The van der Waals surface area contributed by atoms with Crippen LogP contribution in [0.5, 0.6) is 0 Å². The summed E-state index contributed by atoms with van der Waals surface area (Å²) in [5.74, 6) is 0.954. The first-order chi connectivity index (χ1) is 7.65. The van der Waals surface area contributed by atoms with E-state index in [1.54, 1.807) is 0 Å². The lowest BCUT2D eigenvalue weighted by molar-refractivity contribution is 0.750. The molecule has 0 aromatic carbocycles. The van der Waals surface area contributed by atoms with Crippen molar-refractivity contribution in [1.82, 2.24) is 10.2 Å². The van der Waals surface area contributed by atoms with E-state index >= 15 is 0 Å². The summed E-state index contributed by atoms with van der Waals surface area (Å²) in [5, 5.41) is 8.49. The lowest BCUT2D eigenvalue weighted by atomic mass is 10.1. The van der Waals surface area contributed by atoms with Gasteiger partial charge in [0.15, 0.2) is 5.82 Å². The van der Waals surface area contributed by atoms with Crippen molar-refractivity contribution >= 4 is 5.82 Å². The lowest BCUT2D eigenvalue weighted by Gasteiger charge is -2.24. The lowest BCUT2D eigenvalue weighted by Crippen LogP contribution is -2.27. The normalized spacial score (nSPS) is 10.6. The quantitative estimate of drug-likeness (QED) is 0.825. The third-order valence-corrected chi connectivity index (χ3v) is 2.94. The van der Waals surface area contributed by atoms with Gasteiger partial charge < -0.3 is 10.6 Å². The second-order valence-electron chi connectivity index (χ2n) is 4.00. The van der Waals surface area contributed by atoms with Gasteiger partial charge in [-0.3, -0.25) is 0 Å². The predicted molar refractivity (Wildman–Crippen MR) is 67.6 cm³/mol. The second-order valence-corrected chi connectivity index (χ2v) is 4.00. The number of hydrogen-bond donors (Lipinski definition) is 1. The predicted octanol–water partition coefficient (Wildman–Crippen LogP) is 1.79. The molecule has 0 unspecified atom stereocenters. The third-order valence-electron chi connectivity index (χ3n) is 2.94. The summed E-state index contributed by atoms with van der Waals surface area (Å²) in [5.41, 5.74) is 9.08. The largest absolute Gasteiger partial charge is 0.355 e. The Hall–Kier alpha value is -1.16. The van der Waals surface area contributed by atoms with Crippen LogP contribution in [0, 0.1) is 13.8 Å². The summed E-state index contributed by atoms with van der Waals surface area (Å²) in [4.78, 5) is 2.24. The molecule has 0 amide bonds. The van der Waals surface area contributed by atoms with Crippen molar-refractivity contribution in [1.29, 1.82) is 0 Å². The van der Waals surface area contributed by atoms with Crippen LogP contribution in [0.15, 0.2) is 0 Å². The Morgan fingerprint density at radius 2 is 1.88 bits per heavy atom. The van der Waals surface area contributed by atoms with Gasteiger partial charge in [-0.25, -0.2) is 0 Å². The minimum absolute atomic E-state index is 0.526. The molecule has 0 bridgehead atoms. The number of aryl methyl sites for hydroxylation is 1. The highest BCUT2D eigenvalue weighted by Gasteiger charge is 2.14. The van der Waals surface area contributed by atoms with Gasteiger partial charge in [-0.15, -0.1) is 5.10 Å². The highest BCUT2D eigenvalue weighted by atomic mass is 15.3. The van der Waals surface area contributed by atoms with Crippen LogP contribution >= 0.6 is 0 Å². The van der Waals surface area contributed by atoms with E-state index in [0.717, 1.165) is 36.6 Å². The first-order valence-electron chi connectivity index (χ1n) is 5.93. The molecule has 0 aliphatic heterocycles. The Balaban J connectivity index is 3.16. The third kappa shape index (κ3) is 2.50. The maximum Gasteiger partial charge on any atom is 0.156 e. The van der Waals surface area contributed by atoms with Crippen molar-refractivity contribution in [2.75, 3.05) is 18.0 Å². The molecule has 0 atom stereocenters. The molecule has 0 saturated carbocycles. The fourth-order valence-electron chi connectivity index (χ4n) is 1.83.